The minimum Gasteiger partial charge on any atom is -0.394 e. The van der Waals surface area contributed by atoms with Crippen molar-refractivity contribution in [3.05, 3.63) is 11.1 Å². The molecule has 0 heterocycles. The lowest BCUT2D eigenvalue weighted by Gasteiger charge is -2.56. The smallest absolute Gasteiger partial charge is 0.159 e. The molecule has 0 amide bonds. The van der Waals surface area contributed by atoms with Gasteiger partial charge in [-0.05, 0) is 85.4 Å². The monoisotopic (exact) mass is 444 g/mol. The lowest BCUT2D eigenvalue weighted by Crippen LogP contribution is -2.49. The Hall–Kier alpha value is -0.670. The number of hydrogen-bond donors (Lipinski definition) is 1. The fourth-order valence-electron chi connectivity index (χ4n) is 8.57. The normalized spacial score (nSPS) is 40.3. The van der Waals surface area contributed by atoms with Gasteiger partial charge in [-0.3, -0.25) is 4.79 Å². The third-order valence-electron chi connectivity index (χ3n) is 10.4. The van der Waals surface area contributed by atoms with Crippen LogP contribution in [0, 0.1) is 40.4 Å². The van der Waals surface area contributed by atoms with Crippen LogP contribution < -0.4 is 0 Å². The Morgan fingerprint density at radius 1 is 1.09 bits per heavy atom. The van der Waals surface area contributed by atoms with Crippen molar-refractivity contribution in [1.82, 2.24) is 0 Å². The molecule has 0 aromatic rings. The molecule has 0 saturated heterocycles. The maximum Gasteiger partial charge on any atom is 0.159 e. The Kier molecular flexibility index (Phi) is 7.28. The summed E-state index contributed by atoms with van der Waals surface area (Å²) in [6.45, 7) is 12.6. The van der Waals surface area contributed by atoms with E-state index in [9.17, 15) is 4.79 Å². The van der Waals surface area contributed by atoms with Gasteiger partial charge >= 0.3 is 0 Å². The van der Waals surface area contributed by atoms with Crippen molar-refractivity contribution in [2.24, 2.45) is 40.4 Å². The fraction of sp³-hybridized carbons (Fsp3) is 0.897. The van der Waals surface area contributed by atoms with E-state index in [-0.39, 0.29) is 12.0 Å². The van der Waals surface area contributed by atoms with E-state index in [1.54, 1.807) is 5.57 Å². The topological polar surface area (TPSA) is 46.5 Å². The van der Waals surface area contributed by atoms with Gasteiger partial charge in [-0.15, -0.1) is 0 Å². The number of rotatable bonds is 8. The molecule has 0 bridgehead atoms. The zero-order chi connectivity index (χ0) is 23.1. The number of aliphatic hydroxyl groups is 1. The van der Waals surface area contributed by atoms with Crippen LogP contribution >= 0.6 is 0 Å². The number of carbonyl (C=O) groups is 1. The number of Topliss-reactive ketones (excluding diaryl/α,β-unsaturated/α-hetero) is 1. The van der Waals surface area contributed by atoms with Crippen molar-refractivity contribution in [3.8, 4) is 0 Å². The summed E-state index contributed by atoms with van der Waals surface area (Å²) in [5, 5.41) is 9.14. The van der Waals surface area contributed by atoms with Crippen molar-refractivity contribution < 1.29 is 14.6 Å². The molecule has 4 rings (SSSR count). The van der Waals surface area contributed by atoms with Gasteiger partial charge in [0.05, 0.1) is 19.3 Å². The summed E-state index contributed by atoms with van der Waals surface area (Å²) in [6, 6.07) is 0. The number of fused-ring (bicyclic) bond motifs is 4. The molecule has 7 atom stereocenters. The van der Waals surface area contributed by atoms with Gasteiger partial charge in [0, 0.05) is 12.0 Å². The maximum atomic E-state index is 13.5. The van der Waals surface area contributed by atoms with E-state index in [4.69, 9.17) is 9.84 Å². The van der Waals surface area contributed by atoms with Crippen LogP contribution in [0.2, 0.25) is 0 Å². The van der Waals surface area contributed by atoms with Crippen molar-refractivity contribution in [1.29, 1.82) is 0 Å². The number of carbonyl (C=O) groups excluding carboxylic acids is 1. The first-order chi connectivity index (χ1) is 15.2. The van der Waals surface area contributed by atoms with E-state index >= 15 is 0 Å². The number of hydrogen-bond acceptors (Lipinski definition) is 3. The van der Waals surface area contributed by atoms with Gasteiger partial charge in [0.25, 0.3) is 0 Å². The van der Waals surface area contributed by atoms with E-state index in [1.165, 1.54) is 50.5 Å². The Morgan fingerprint density at radius 2 is 1.88 bits per heavy atom. The first kappa shape index (κ1) is 24.5. The Balaban J connectivity index is 1.53. The Bertz CT molecular complexity index is 724. The molecule has 4 aliphatic rings. The number of ether oxygens (including phenoxy) is 1. The predicted octanol–water partition coefficient (Wildman–Crippen LogP) is 6.73. The summed E-state index contributed by atoms with van der Waals surface area (Å²) in [5.41, 5.74) is 3.31. The third-order valence-corrected chi connectivity index (χ3v) is 10.4. The fourth-order valence-corrected chi connectivity index (χ4v) is 8.57. The molecule has 1 N–H and O–H groups in total. The van der Waals surface area contributed by atoms with Crippen molar-refractivity contribution in [2.75, 3.05) is 13.2 Å². The van der Waals surface area contributed by atoms with Gasteiger partial charge < -0.3 is 9.84 Å². The van der Waals surface area contributed by atoms with Crippen molar-refractivity contribution in [3.63, 3.8) is 0 Å². The summed E-state index contributed by atoms with van der Waals surface area (Å²) in [6.07, 6.45) is 13.2. The van der Waals surface area contributed by atoms with E-state index in [0.29, 0.717) is 47.6 Å². The number of allylic oxidation sites excluding steroid dienone is 2. The lowest BCUT2D eigenvalue weighted by atomic mass is 9.48. The molecule has 0 aliphatic heterocycles. The summed E-state index contributed by atoms with van der Waals surface area (Å²) < 4.78 is 5.94. The molecular formula is C29H48O3. The second kappa shape index (κ2) is 9.53. The second-order valence-electron chi connectivity index (χ2n) is 12.7. The largest absolute Gasteiger partial charge is 0.394 e. The molecule has 0 aromatic carbocycles. The van der Waals surface area contributed by atoms with Crippen LogP contribution in [-0.4, -0.2) is 30.2 Å². The molecule has 4 aliphatic carbocycles. The minimum atomic E-state index is 0.116. The SMILES string of the molecule is CC(C)CCC[C@@H](C)[C@H]1CC(=O)C2=C3CC[C@H]4C[C@@H](OCCO)CC[C@]4(C)[C@H]3CC[C@@]21C. The number of ketones is 1. The van der Waals surface area contributed by atoms with Crippen LogP contribution in [0.1, 0.15) is 105 Å². The summed E-state index contributed by atoms with van der Waals surface area (Å²) in [7, 11) is 0. The average Bonchev–Trinajstić information content (AvgIpc) is 3.02. The zero-order valence-electron chi connectivity index (χ0n) is 21.4. The van der Waals surface area contributed by atoms with E-state index in [1.807, 2.05) is 0 Å². The summed E-state index contributed by atoms with van der Waals surface area (Å²) >= 11 is 0. The van der Waals surface area contributed by atoms with Gasteiger partial charge in [-0.1, -0.05) is 59.5 Å². The molecule has 0 radical (unpaired) electrons. The maximum absolute atomic E-state index is 13.5. The lowest BCUT2D eigenvalue weighted by molar-refractivity contribution is -0.115. The molecule has 3 saturated carbocycles. The molecule has 3 heteroatoms. The Morgan fingerprint density at radius 3 is 2.59 bits per heavy atom. The highest BCUT2D eigenvalue weighted by Gasteiger charge is 2.58. The van der Waals surface area contributed by atoms with Crippen LogP contribution in [0.15, 0.2) is 11.1 Å². The highest BCUT2D eigenvalue weighted by Crippen LogP contribution is 2.65. The molecular weight excluding hydrogens is 396 g/mol. The molecule has 0 aromatic heterocycles. The standard InChI is InChI=1S/C29H48O3/c1-19(2)7-6-8-20(3)25-18-26(31)27-23-10-9-21-17-22(32-16-15-30)11-13-28(21,4)24(23)12-14-29(25,27)5/h19-22,24-25,30H,6-18H2,1-5H3/t20-,21+,22+,24+,25-,28+,29-/m1/s1. The van der Waals surface area contributed by atoms with Crippen LogP contribution in [0.4, 0.5) is 0 Å². The molecule has 3 nitrogen and oxygen atoms in total. The van der Waals surface area contributed by atoms with Crippen LogP contribution in [-0.2, 0) is 9.53 Å². The highest BCUT2D eigenvalue weighted by molar-refractivity contribution is 6.00. The van der Waals surface area contributed by atoms with Gasteiger partial charge in [0.15, 0.2) is 5.78 Å². The molecule has 0 spiro atoms. The second-order valence-corrected chi connectivity index (χ2v) is 12.7. The van der Waals surface area contributed by atoms with Crippen LogP contribution in [0.3, 0.4) is 0 Å². The van der Waals surface area contributed by atoms with Gasteiger partial charge in [0.1, 0.15) is 0 Å². The minimum absolute atomic E-state index is 0.116. The van der Waals surface area contributed by atoms with Crippen LogP contribution in [0.25, 0.3) is 0 Å². The average molecular weight is 445 g/mol. The van der Waals surface area contributed by atoms with Gasteiger partial charge in [-0.25, -0.2) is 0 Å². The first-order valence-corrected chi connectivity index (χ1v) is 13.7. The molecule has 182 valence electrons. The Labute approximate surface area is 196 Å². The summed E-state index contributed by atoms with van der Waals surface area (Å²) in [5.74, 6) is 3.75. The molecule has 0 unspecified atom stereocenters. The molecule has 32 heavy (non-hydrogen) atoms. The van der Waals surface area contributed by atoms with Gasteiger partial charge in [-0.2, -0.15) is 0 Å². The van der Waals surface area contributed by atoms with E-state index in [0.717, 1.165) is 31.6 Å². The predicted molar refractivity (Wildman–Crippen MR) is 130 cm³/mol. The quantitative estimate of drug-likeness (QED) is 0.451. The molecule has 3 fully saturated rings. The van der Waals surface area contributed by atoms with E-state index < -0.39 is 0 Å². The highest BCUT2D eigenvalue weighted by atomic mass is 16.5. The first-order valence-electron chi connectivity index (χ1n) is 13.7. The van der Waals surface area contributed by atoms with E-state index in [2.05, 4.69) is 34.6 Å². The number of aliphatic hydroxyl groups excluding tert-OH is 1. The summed E-state index contributed by atoms with van der Waals surface area (Å²) in [4.78, 5) is 13.5. The third kappa shape index (κ3) is 4.26. The zero-order valence-corrected chi connectivity index (χ0v) is 21.4. The van der Waals surface area contributed by atoms with Crippen LogP contribution in [0.5, 0.6) is 0 Å². The van der Waals surface area contributed by atoms with Gasteiger partial charge in [0.2, 0.25) is 0 Å². The van der Waals surface area contributed by atoms with Crippen molar-refractivity contribution >= 4 is 5.78 Å². The van der Waals surface area contributed by atoms with Crippen molar-refractivity contribution in [2.45, 2.75) is 111 Å².